The number of amides is 2. The lowest BCUT2D eigenvalue weighted by atomic mass is 10.2. The van der Waals surface area contributed by atoms with Crippen LogP contribution < -0.4 is 15.4 Å². The molecule has 1 rings (SSSR count). The smallest absolute Gasteiger partial charge is 0.255 e. The van der Waals surface area contributed by atoms with E-state index in [9.17, 15) is 9.59 Å². The molecule has 0 spiro atoms. The molecule has 1 aromatic carbocycles. The van der Waals surface area contributed by atoms with E-state index in [0.717, 1.165) is 4.90 Å². The molecule has 0 aliphatic carbocycles. The van der Waals surface area contributed by atoms with Gasteiger partial charge in [-0.25, -0.2) is 0 Å². The number of hydrogen-bond acceptors (Lipinski definition) is 4. The van der Waals surface area contributed by atoms with Crippen LogP contribution in [-0.2, 0) is 4.79 Å². The van der Waals surface area contributed by atoms with Crippen LogP contribution in [0.3, 0.4) is 0 Å². The molecular weight excluding hydrogens is 264 g/mol. The van der Waals surface area contributed by atoms with Crippen LogP contribution in [0.15, 0.2) is 23.1 Å². The van der Waals surface area contributed by atoms with Crippen molar-refractivity contribution in [3.63, 3.8) is 0 Å². The van der Waals surface area contributed by atoms with Gasteiger partial charge in [0.1, 0.15) is 5.75 Å². The van der Waals surface area contributed by atoms with Crippen molar-refractivity contribution in [2.75, 3.05) is 26.5 Å². The van der Waals surface area contributed by atoms with E-state index in [2.05, 4.69) is 10.6 Å². The summed E-state index contributed by atoms with van der Waals surface area (Å²) in [5.74, 6) is -0.0356. The quantitative estimate of drug-likeness (QED) is 0.771. The molecule has 19 heavy (non-hydrogen) atoms. The summed E-state index contributed by atoms with van der Waals surface area (Å²) < 4.78 is 5.19. The number of nitrogens with one attached hydrogen (secondary N) is 2. The van der Waals surface area contributed by atoms with Crippen LogP contribution in [0.5, 0.6) is 5.75 Å². The SMILES string of the molecule is CCNC(=O)CNC(=O)c1ccc(SC)cc1OC. The van der Waals surface area contributed by atoms with Gasteiger partial charge >= 0.3 is 0 Å². The van der Waals surface area contributed by atoms with Crippen molar-refractivity contribution in [1.82, 2.24) is 10.6 Å². The van der Waals surface area contributed by atoms with Crippen molar-refractivity contribution in [2.45, 2.75) is 11.8 Å². The van der Waals surface area contributed by atoms with Crippen molar-refractivity contribution < 1.29 is 14.3 Å². The van der Waals surface area contributed by atoms with E-state index in [4.69, 9.17) is 4.74 Å². The van der Waals surface area contributed by atoms with Crippen LogP contribution >= 0.6 is 11.8 Å². The molecule has 0 heterocycles. The molecule has 2 amide bonds. The maximum Gasteiger partial charge on any atom is 0.255 e. The van der Waals surface area contributed by atoms with Crippen molar-refractivity contribution in [3.8, 4) is 5.75 Å². The summed E-state index contributed by atoms with van der Waals surface area (Å²) in [6, 6.07) is 5.33. The lowest BCUT2D eigenvalue weighted by Gasteiger charge is -2.10. The van der Waals surface area contributed by atoms with Crippen molar-refractivity contribution >= 4 is 23.6 Å². The number of likely N-dealkylation sites (N-methyl/N-ethyl adjacent to an activating group) is 1. The van der Waals surface area contributed by atoms with Gasteiger partial charge in [-0.3, -0.25) is 9.59 Å². The Morgan fingerprint density at radius 3 is 2.63 bits per heavy atom. The maximum absolute atomic E-state index is 12.0. The minimum atomic E-state index is -0.323. The number of carbonyl (C=O) groups is 2. The van der Waals surface area contributed by atoms with Gasteiger partial charge < -0.3 is 15.4 Å². The average Bonchev–Trinajstić information content (AvgIpc) is 2.44. The zero-order valence-electron chi connectivity index (χ0n) is 11.3. The van der Waals surface area contributed by atoms with Gasteiger partial charge in [-0.05, 0) is 31.4 Å². The molecule has 104 valence electrons. The van der Waals surface area contributed by atoms with Crippen LogP contribution in [0.2, 0.25) is 0 Å². The molecule has 0 fully saturated rings. The van der Waals surface area contributed by atoms with Crippen LogP contribution in [-0.4, -0.2) is 38.3 Å². The third-order valence-electron chi connectivity index (χ3n) is 2.44. The van der Waals surface area contributed by atoms with Gasteiger partial charge in [0.05, 0.1) is 19.2 Å². The predicted octanol–water partition coefficient (Wildman–Crippen LogP) is 1.28. The van der Waals surface area contributed by atoms with Crippen LogP contribution in [0.25, 0.3) is 0 Å². The number of thioether (sulfide) groups is 1. The maximum atomic E-state index is 12.0. The number of carbonyl (C=O) groups excluding carboxylic acids is 2. The van der Waals surface area contributed by atoms with Crippen molar-refractivity contribution in [3.05, 3.63) is 23.8 Å². The third-order valence-corrected chi connectivity index (χ3v) is 3.16. The first-order valence-corrected chi connectivity index (χ1v) is 7.11. The van der Waals surface area contributed by atoms with Gasteiger partial charge in [-0.2, -0.15) is 0 Å². The fraction of sp³-hybridized carbons (Fsp3) is 0.385. The second-order valence-corrected chi connectivity index (χ2v) is 4.58. The number of hydrogen-bond donors (Lipinski definition) is 2. The molecule has 0 saturated carbocycles. The zero-order valence-corrected chi connectivity index (χ0v) is 12.1. The van der Waals surface area contributed by atoms with E-state index < -0.39 is 0 Å². The topological polar surface area (TPSA) is 67.4 Å². The highest BCUT2D eigenvalue weighted by Gasteiger charge is 2.13. The molecule has 0 unspecified atom stereocenters. The summed E-state index contributed by atoms with van der Waals surface area (Å²) in [6.45, 7) is 2.32. The highest BCUT2D eigenvalue weighted by atomic mass is 32.2. The van der Waals surface area contributed by atoms with Gasteiger partial charge in [-0.1, -0.05) is 0 Å². The fourth-order valence-corrected chi connectivity index (χ4v) is 1.93. The molecule has 0 atom stereocenters. The summed E-state index contributed by atoms with van der Waals surface area (Å²) in [5, 5.41) is 5.17. The molecule has 5 nitrogen and oxygen atoms in total. The highest BCUT2D eigenvalue weighted by molar-refractivity contribution is 7.98. The normalized spacial score (nSPS) is 9.84. The first-order chi connectivity index (χ1) is 9.12. The second kappa shape index (κ2) is 7.68. The number of benzene rings is 1. The van der Waals surface area contributed by atoms with Gasteiger partial charge in [-0.15, -0.1) is 11.8 Å². The van der Waals surface area contributed by atoms with Gasteiger partial charge in [0.15, 0.2) is 0 Å². The lowest BCUT2D eigenvalue weighted by molar-refractivity contribution is -0.120. The predicted molar refractivity (Wildman–Crippen MR) is 75.8 cm³/mol. The first-order valence-electron chi connectivity index (χ1n) is 5.89. The number of rotatable bonds is 6. The molecule has 0 bridgehead atoms. The Bertz CT molecular complexity index is 463. The minimum Gasteiger partial charge on any atom is -0.496 e. The van der Waals surface area contributed by atoms with Crippen LogP contribution in [0.1, 0.15) is 17.3 Å². The summed E-state index contributed by atoms with van der Waals surface area (Å²) in [6.07, 6.45) is 1.95. The molecule has 0 aromatic heterocycles. The molecule has 0 aliphatic heterocycles. The van der Waals surface area contributed by atoms with E-state index in [0.29, 0.717) is 17.9 Å². The zero-order chi connectivity index (χ0) is 14.3. The van der Waals surface area contributed by atoms with Crippen LogP contribution in [0.4, 0.5) is 0 Å². The molecule has 0 aliphatic rings. The lowest BCUT2D eigenvalue weighted by Crippen LogP contribution is -2.36. The van der Waals surface area contributed by atoms with E-state index in [1.54, 1.807) is 23.9 Å². The number of ether oxygens (including phenoxy) is 1. The standard InChI is InChI=1S/C13H18N2O3S/c1-4-14-12(16)8-15-13(17)10-6-5-9(19-3)7-11(10)18-2/h5-7H,4,8H2,1-3H3,(H,14,16)(H,15,17). The van der Waals surface area contributed by atoms with Crippen LogP contribution in [0, 0.1) is 0 Å². The third kappa shape index (κ3) is 4.48. The minimum absolute atomic E-state index is 0.0416. The molecule has 2 N–H and O–H groups in total. The largest absolute Gasteiger partial charge is 0.496 e. The Labute approximate surface area is 117 Å². The van der Waals surface area contributed by atoms with Gasteiger partial charge in [0.25, 0.3) is 5.91 Å². The molecule has 6 heteroatoms. The van der Waals surface area contributed by atoms with Crippen molar-refractivity contribution in [2.24, 2.45) is 0 Å². The second-order valence-electron chi connectivity index (χ2n) is 3.70. The van der Waals surface area contributed by atoms with Crippen molar-refractivity contribution in [1.29, 1.82) is 0 Å². The van der Waals surface area contributed by atoms with E-state index in [-0.39, 0.29) is 18.4 Å². The molecule has 1 aromatic rings. The average molecular weight is 282 g/mol. The Kier molecular flexibility index (Phi) is 6.21. The Morgan fingerprint density at radius 2 is 2.05 bits per heavy atom. The van der Waals surface area contributed by atoms with E-state index in [1.807, 2.05) is 19.2 Å². The first kappa shape index (κ1) is 15.4. The number of methoxy groups -OCH3 is 1. The van der Waals surface area contributed by atoms with Gasteiger partial charge in [0.2, 0.25) is 5.91 Å². The summed E-state index contributed by atoms with van der Waals surface area (Å²) >= 11 is 1.57. The fourth-order valence-electron chi connectivity index (χ4n) is 1.50. The Balaban J connectivity index is 2.73. The highest BCUT2D eigenvalue weighted by Crippen LogP contribution is 2.25. The van der Waals surface area contributed by atoms with E-state index in [1.165, 1.54) is 7.11 Å². The monoisotopic (exact) mass is 282 g/mol. The van der Waals surface area contributed by atoms with Gasteiger partial charge in [0, 0.05) is 11.4 Å². The summed E-state index contributed by atoms with van der Waals surface area (Å²) in [5.41, 5.74) is 0.421. The Morgan fingerprint density at radius 1 is 1.32 bits per heavy atom. The molecular formula is C13H18N2O3S. The van der Waals surface area contributed by atoms with E-state index >= 15 is 0 Å². The summed E-state index contributed by atoms with van der Waals surface area (Å²) in [4.78, 5) is 24.2. The molecule has 0 radical (unpaired) electrons. The summed E-state index contributed by atoms with van der Waals surface area (Å²) in [7, 11) is 1.51. The molecule has 0 saturated heterocycles. The Hall–Kier alpha value is -1.69.